The molecule has 0 heterocycles. The summed E-state index contributed by atoms with van der Waals surface area (Å²) in [5.41, 5.74) is 3.57. The first-order valence-electron chi connectivity index (χ1n) is 9.67. The number of Topliss-reactive ketones (excluding diaryl/α,β-unsaturated/α-hetero) is 1. The summed E-state index contributed by atoms with van der Waals surface area (Å²) in [6.07, 6.45) is 0. The van der Waals surface area contributed by atoms with Crippen molar-refractivity contribution >= 4 is 13.9 Å². The summed E-state index contributed by atoms with van der Waals surface area (Å²) < 4.78 is 0. The van der Waals surface area contributed by atoms with Crippen LogP contribution in [0.15, 0.2) is 91.0 Å². The molecule has 0 unspecified atom stereocenters. The largest absolute Gasteiger partial charge is 0.294 e. The van der Waals surface area contributed by atoms with E-state index in [0.717, 1.165) is 5.56 Å². The third kappa shape index (κ3) is 2.89. The van der Waals surface area contributed by atoms with Crippen LogP contribution in [0.5, 0.6) is 0 Å². The highest BCUT2D eigenvalue weighted by Crippen LogP contribution is 2.72. The lowest BCUT2D eigenvalue weighted by atomic mass is 9.84. The fourth-order valence-corrected chi connectivity index (χ4v) is 8.22. The monoisotopic (exact) mass is 370 g/mol. The van der Waals surface area contributed by atoms with Gasteiger partial charge in [0, 0.05) is 25.0 Å². The first-order valence-corrected chi connectivity index (χ1v) is 13.3. The molecule has 0 aromatic heterocycles. The summed E-state index contributed by atoms with van der Waals surface area (Å²) in [7, 11) is -1.60. The van der Waals surface area contributed by atoms with Gasteiger partial charge in [0.25, 0.3) is 0 Å². The molecule has 2 atom stereocenters. The Morgan fingerprint density at radius 2 is 1.11 bits per heavy atom. The zero-order valence-electron chi connectivity index (χ0n) is 16.2. The van der Waals surface area contributed by atoms with Crippen LogP contribution in [0.2, 0.25) is 25.2 Å². The van der Waals surface area contributed by atoms with Crippen LogP contribution >= 0.6 is 0 Å². The van der Waals surface area contributed by atoms with Crippen molar-refractivity contribution in [2.24, 2.45) is 5.92 Å². The zero-order chi connectivity index (χ0) is 19.1. The van der Waals surface area contributed by atoms with E-state index in [9.17, 15) is 4.79 Å². The van der Waals surface area contributed by atoms with E-state index < -0.39 is 8.07 Å². The minimum absolute atomic E-state index is 0.0105. The molecule has 0 radical (unpaired) electrons. The van der Waals surface area contributed by atoms with Gasteiger partial charge in [-0.1, -0.05) is 111 Å². The standard InChI is InChI=1S/C25H26OSi/c1-27(2,3)24-22(23(26)19-13-7-4-8-14-19)25(24,20-15-9-5-10-16-20)21-17-11-6-12-18-21/h4-18,22,24H,1-3H3/t22-,24-/m0/s1. The molecule has 1 saturated carbocycles. The smallest absolute Gasteiger partial charge is 0.167 e. The highest BCUT2D eigenvalue weighted by atomic mass is 28.3. The predicted molar refractivity (Wildman–Crippen MR) is 115 cm³/mol. The maximum Gasteiger partial charge on any atom is 0.167 e. The van der Waals surface area contributed by atoms with Crippen molar-refractivity contribution in [2.45, 2.75) is 30.6 Å². The summed E-state index contributed by atoms with van der Waals surface area (Å²) in [6.45, 7) is 7.20. The molecule has 0 spiro atoms. The van der Waals surface area contributed by atoms with E-state index in [0.29, 0.717) is 5.54 Å². The molecule has 3 aromatic rings. The van der Waals surface area contributed by atoms with Crippen LogP contribution in [0.1, 0.15) is 21.5 Å². The van der Waals surface area contributed by atoms with E-state index in [1.165, 1.54) is 11.1 Å². The molecule has 1 fully saturated rings. The van der Waals surface area contributed by atoms with Crippen molar-refractivity contribution in [1.29, 1.82) is 0 Å². The summed E-state index contributed by atoms with van der Waals surface area (Å²) in [4.78, 5) is 13.6. The zero-order valence-corrected chi connectivity index (χ0v) is 17.2. The number of carbonyl (C=O) groups excluding carboxylic acids is 1. The lowest BCUT2D eigenvalue weighted by molar-refractivity contribution is 0.0960. The van der Waals surface area contributed by atoms with Crippen LogP contribution in [0.4, 0.5) is 0 Å². The fraction of sp³-hybridized carbons (Fsp3) is 0.240. The minimum Gasteiger partial charge on any atom is -0.294 e. The molecule has 1 aliphatic rings. The third-order valence-electron chi connectivity index (χ3n) is 5.98. The Balaban J connectivity index is 1.92. The van der Waals surface area contributed by atoms with Gasteiger partial charge in [0.15, 0.2) is 5.78 Å². The van der Waals surface area contributed by atoms with Gasteiger partial charge >= 0.3 is 0 Å². The molecule has 0 bridgehead atoms. The minimum atomic E-state index is -1.60. The van der Waals surface area contributed by atoms with E-state index in [4.69, 9.17) is 0 Å². The molecular formula is C25H26OSi. The van der Waals surface area contributed by atoms with Crippen LogP contribution in [0.25, 0.3) is 0 Å². The highest BCUT2D eigenvalue weighted by Gasteiger charge is 2.72. The molecule has 0 N–H and O–H groups in total. The molecule has 136 valence electrons. The van der Waals surface area contributed by atoms with Gasteiger partial charge in [-0.15, -0.1) is 0 Å². The van der Waals surface area contributed by atoms with E-state index in [1.807, 2.05) is 30.3 Å². The van der Waals surface area contributed by atoms with Crippen molar-refractivity contribution in [2.75, 3.05) is 0 Å². The van der Waals surface area contributed by atoms with Crippen molar-refractivity contribution in [3.05, 3.63) is 108 Å². The first-order chi connectivity index (χ1) is 13.0. The Bertz CT molecular complexity index is 887. The fourth-order valence-electron chi connectivity index (χ4n) is 5.02. The summed E-state index contributed by atoms with van der Waals surface area (Å²) in [6, 6.07) is 31.2. The van der Waals surface area contributed by atoms with Gasteiger partial charge < -0.3 is 0 Å². The number of benzene rings is 3. The molecule has 0 saturated heterocycles. The molecular weight excluding hydrogens is 344 g/mol. The Morgan fingerprint density at radius 1 is 0.704 bits per heavy atom. The lowest BCUT2D eigenvalue weighted by Gasteiger charge is -2.24. The Hall–Kier alpha value is -2.45. The number of carbonyl (C=O) groups is 1. The lowest BCUT2D eigenvalue weighted by Crippen LogP contribution is -2.26. The summed E-state index contributed by atoms with van der Waals surface area (Å²) in [5, 5.41) is 0. The van der Waals surface area contributed by atoms with Crippen molar-refractivity contribution in [3.63, 3.8) is 0 Å². The molecule has 2 heteroatoms. The SMILES string of the molecule is C[Si](C)(C)[C@H]1[C@H](C(=O)c2ccccc2)C1(c1ccccc1)c1ccccc1. The van der Waals surface area contributed by atoms with Crippen LogP contribution < -0.4 is 0 Å². The van der Waals surface area contributed by atoms with E-state index in [-0.39, 0.29) is 17.1 Å². The average molecular weight is 371 g/mol. The highest BCUT2D eigenvalue weighted by molar-refractivity contribution is 6.79. The Kier molecular flexibility index (Phi) is 4.39. The van der Waals surface area contributed by atoms with E-state index >= 15 is 0 Å². The molecule has 0 amide bonds. The molecule has 3 aromatic carbocycles. The second kappa shape index (κ2) is 6.61. The van der Waals surface area contributed by atoms with Crippen LogP contribution in [-0.4, -0.2) is 13.9 Å². The molecule has 27 heavy (non-hydrogen) atoms. The Labute approximate surface area is 163 Å². The number of ketones is 1. The van der Waals surface area contributed by atoms with Crippen molar-refractivity contribution in [1.82, 2.24) is 0 Å². The predicted octanol–water partition coefficient (Wildman–Crippen LogP) is 6.19. The average Bonchev–Trinajstić information content (AvgIpc) is 3.42. The number of hydrogen-bond donors (Lipinski definition) is 0. The summed E-state index contributed by atoms with van der Waals surface area (Å²) in [5.74, 6) is 0.298. The van der Waals surface area contributed by atoms with Gasteiger partial charge in [-0.05, 0) is 16.7 Å². The third-order valence-corrected chi connectivity index (χ3v) is 8.64. The maximum absolute atomic E-state index is 13.6. The van der Waals surface area contributed by atoms with E-state index in [1.54, 1.807) is 0 Å². The molecule has 1 nitrogen and oxygen atoms in total. The van der Waals surface area contributed by atoms with Crippen LogP contribution in [-0.2, 0) is 5.41 Å². The van der Waals surface area contributed by atoms with Gasteiger partial charge in [-0.2, -0.15) is 0 Å². The topological polar surface area (TPSA) is 17.1 Å². The summed E-state index contributed by atoms with van der Waals surface area (Å²) >= 11 is 0. The first kappa shape index (κ1) is 17.9. The molecule has 1 aliphatic carbocycles. The quantitative estimate of drug-likeness (QED) is 0.386. The van der Waals surface area contributed by atoms with Gasteiger partial charge in [0.2, 0.25) is 0 Å². The van der Waals surface area contributed by atoms with Gasteiger partial charge in [0.05, 0.1) is 0 Å². The number of hydrogen-bond acceptors (Lipinski definition) is 1. The maximum atomic E-state index is 13.6. The van der Waals surface area contributed by atoms with Gasteiger partial charge in [0.1, 0.15) is 0 Å². The van der Waals surface area contributed by atoms with Crippen LogP contribution in [0, 0.1) is 5.92 Å². The second-order valence-corrected chi connectivity index (χ2v) is 14.0. The second-order valence-electron chi connectivity index (χ2n) is 8.65. The van der Waals surface area contributed by atoms with Crippen molar-refractivity contribution in [3.8, 4) is 0 Å². The van der Waals surface area contributed by atoms with Crippen molar-refractivity contribution < 1.29 is 4.79 Å². The number of rotatable bonds is 5. The normalized spacial score (nSPS) is 20.9. The van der Waals surface area contributed by atoms with Gasteiger partial charge in [-0.25, -0.2) is 0 Å². The van der Waals surface area contributed by atoms with Gasteiger partial charge in [-0.3, -0.25) is 4.79 Å². The van der Waals surface area contributed by atoms with Crippen LogP contribution in [0.3, 0.4) is 0 Å². The Morgan fingerprint density at radius 3 is 1.52 bits per heavy atom. The molecule has 4 rings (SSSR count). The molecule has 0 aliphatic heterocycles. The van der Waals surface area contributed by atoms with E-state index in [2.05, 4.69) is 80.3 Å².